The van der Waals surface area contributed by atoms with Crippen LogP contribution in [0.5, 0.6) is 5.75 Å². The largest absolute Gasteiger partial charge is 0.487 e. The molecule has 76 valence electrons. The molecule has 0 saturated carbocycles. The number of pyridine rings is 1. The molecule has 2 aromatic rings. The van der Waals surface area contributed by atoms with E-state index in [1.807, 2.05) is 42.5 Å². The van der Waals surface area contributed by atoms with Crippen LogP contribution in [0.3, 0.4) is 0 Å². The van der Waals surface area contributed by atoms with Crippen LogP contribution in [0.2, 0.25) is 0 Å². The van der Waals surface area contributed by atoms with Gasteiger partial charge in [-0.2, -0.15) is 0 Å². The zero-order valence-corrected chi connectivity index (χ0v) is 8.26. The van der Waals surface area contributed by atoms with Gasteiger partial charge in [0.05, 0.1) is 17.6 Å². The van der Waals surface area contributed by atoms with Gasteiger partial charge in [0.15, 0.2) is 0 Å². The van der Waals surface area contributed by atoms with E-state index in [4.69, 9.17) is 10.5 Å². The number of rotatable bonds is 3. The average Bonchev–Trinajstić information content (AvgIpc) is 2.30. The van der Waals surface area contributed by atoms with Gasteiger partial charge in [-0.1, -0.05) is 18.2 Å². The van der Waals surface area contributed by atoms with Crippen molar-refractivity contribution in [2.24, 2.45) is 0 Å². The van der Waals surface area contributed by atoms with E-state index in [1.54, 1.807) is 6.20 Å². The summed E-state index contributed by atoms with van der Waals surface area (Å²) < 4.78 is 5.53. The van der Waals surface area contributed by atoms with Gasteiger partial charge >= 0.3 is 0 Å². The Hall–Kier alpha value is -2.03. The van der Waals surface area contributed by atoms with Gasteiger partial charge in [0.1, 0.15) is 12.4 Å². The Balaban J connectivity index is 1.96. The Morgan fingerprint density at radius 3 is 2.53 bits per heavy atom. The van der Waals surface area contributed by atoms with Gasteiger partial charge in [0.25, 0.3) is 0 Å². The van der Waals surface area contributed by atoms with Crippen LogP contribution >= 0.6 is 0 Å². The summed E-state index contributed by atoms with van der Waals surface area (Å²) in [6.45, 7) is 0.463. The first-order valence-corrected chi connectivity index (χ1v) is 4.73. The topological polar surface area (TPSA) is 48.1 Å². The lowest BCUT2D eigenvalue weighted by Gasteiger charge is -2.05. The van der Waals surface area contributed by atoms with E-state index in [9.17, 15) is 0 Å². The van der Waals surface area contributed by atoms with E-state index in [2.05, 4.69) is 4.98 Å². The zero-order chi connectivity index (χ0) is 10.5. The highest BCUT2D eigenvalue weighted by atomic mass is 16.5. The van der Waals surface area contributed by atoms with Gasteiger partial charge in [-0.3, -0.25) is 4.98 Å². The molecule has 1 aromatic carbocycles. The van der Waals surface area contributed by atoms with Crippen molar-refractivity contribution < 1.29 is 4.74 Å². The first-order valence-electron chi connectivity index (χ1n) is 4.73. The summed E-state index contributed by atoms with van der Waals surface area (Å²) in [4.78, 5) is 4.14. The fourth-order valence-electron chi connectivity index (χ4n) is 1.20. The van der Waals surface area contributed by atoms with Gasteiger partial charge in [0, 0.05) is 0 Å². The molecule has 0 atom stereocenters. The van der Waals surface area contributed by atoms with E-state index >= 15 is 0 Å². The molecule has 1 heterocycles. The number of aromatic nitrogens is 1. The first kappa shape index (κ1) is 9.52. The van der Waals surface area contributed by atoms with Crippen LogP contribution in [-0.4, -0.2) is 4.98 Å². The fourth-order valence-corrected chi connectivity index (χ4v) is 1.20. The lowest BCUT2D eigenvalue weighted by atomic mass is 10.3. The molecule has 0 saturated heterocycles. The van der Waals surface area contributed by atoms with Crippen LogP contribution < -0.4 is 10.5 Å². The summed E-state index contributed by atoms with van der Waals surface area (Å²) in [5, 5.41) is 0. The standard InChI is InChI=1S/C12H12N2O/c13-10-6-7-11(14-8-10)9-15-12-4-2-1-3-5-12/h1-8H,9,13H2. The molecular weight excluding hydrogens is 188 g/mol. The first-order chi connectivity index (χ1) is 7.34. The third-order valence-electron chi connectivity index (χ3n) is 1.98. The van der Waals surface area contributed by atoms with Crippen molar-refractivity contribution >= 4 is 5.69 Å². The van der Waals surface area contributed by atoms with Crippen molar-refractivity contribution in [3.63, 3.8) is 0 Å². The Bertz CT molecular complexity index is 411. The number of nitrogens with two attached hydrogens (primary N) is 1. The van der Waals surface area contributed by atoms with Crippen molar-refractivity contribution in [1.29, 1.82) is 0 Å². The number of nitrogen functional groups attached to an aromatic ring is 1. The van der Waals surface area contributed by atoms with Crippen LogP contribution in [-0.2, 0) is 6.61 Å². The Morgan fingerprint density at radius 1 is 1.07 bits per heavy atom. The maximum Gasteiger partial charge on any atom is 0.130 e. The number of anilines is 1. The van der Waals surface area contributed by atoms with E-state index in [0.29, 0.717) is 12.3 Å². The minimum Gasteiger partial charge on any atom is -0.487 e. The maximum atomic E-state index is 5.53. The number of nitrogens with zero attached hydrogens (tertiary/aromatic N) is 1. The van der Waals surface area contributed by atoms with Gasteiger partial charge in [-0.15, -0.1) is 0 Å². The van der Waals surface area contributed by atoms with Crippen molar-refractivity contribution in [1.82, 2.24) is 4.98 Å². The van der Waals surface area contributed by atoms with Crippen LogP contribution in [0.1, 0.15) is 5.69 Å². The second-order valence-corrected chi connectivity index (χ2v) is 3.18. The van der Waals surface area contributed by atoms with Gasteiger partial charge < -0.3 is 10.5 Å². The molecule has 0 bridgehead atoms. The van der Waals surface area contributed by atoms with Crippen LogP contribution in [0.4, 0.5) is 5.69 Å². The number of ether oxygens (including phenoxy) is 1. The highest BCUT2D eigenvalue weighted by Gasteiger charge is 1.95. The van der Waals surface area contributed by atoms with Crippen molar-refractivity contribution in [3.8, 4) is 5.75 Å². The number of hydrogen-bond donors (Lipinski definition) is 1. The zero-order valence-electron chi connectivity index (χ0n) is 8.26. The minimum atomic E-state index is 0.463. The number of hydrogen-bond acceptors (Lipinski definition) is 3. The molecule has 3 nitrogen and oxygen atoms in total. The molecule has 15 heavy (non-hydrogen) atoms. The van der Waals surface area contributed by atoms with Crippen molar-refractivity contribution in [2.75, 3.05) is 5.73 Å². The summed E-state index contributed by atoms with van der Waals surface area (Å²) >= 11 is 0. The monoisotopic (exact) mass is 200 g/mol. The summed E-state index contributed by atoms with van der Waals surface area (Å²) in [6.07, 6.45) is 1.63. The summed E-state index contributed by atoms with van der Waals surface area (Å²) in [5.41, 5.74) is 7.06. The molecule has 1 aromatic heterocycles. The second kappa shape index (κ2) is 4.46. The minimum absolute atomic E-state index is 0.463. The molecule has 0 aliphatic heterocycles. The molecule has 0 radical (unpaired) electrons. The van der Waals surface area contributed by atoms with Gasteiger partial charge in [-0.05, 0) is 24.3 Å². The van der Waals surface area contributed by atoms with Crippen molar-refractivity contribution in [3.05, 3.63) is 54.4 Å². The number of benzene rings is 1. The van der Waals surface area contributed by atoms with Crippen LogP contribution in [0.15, 0.2) is 48.7 Å². The third-order valence-corrected chi connectivity index (χ3v) is 1.98. The summed E-state index contributed by atoms with van der Waals surface area (Å²) in [7, 11) is 0. The Labute approximate surface area is 88.5 Å². The molecule has 0 spiro atoms. The SMILES string of the molecule is Nc1ccc(COc2ccccc2)nc1. The van der Waals surface area contributed by atoms with E-state index < -0.39 is 0 Å². The average molecular weight is 200 g/mol. The molecule has 0 unspecified atom stereocenters. The van der Waals surface area contributed by atoms with E-state index in [-0.39, 0.29) is 0 Å². The third kappa shape index (κ3) is 2.71. The summed E-state index contributed by atoms with van der Waals surface area (Å²) in [6, 6.07) is 13.3. The van der Waals surface area contributed by atoms with Crippen LogP contribution in [0.25, 0.3) is 0 Å². The molecule has 3 heteroatoms. The van der Waals surface area contributed by atoms with Gasteiger partial charge in [-0.25, -0.2) is 0 Å². The normalized spacial score (nSPS) is 9.87. The smallest absolute Gasteiger partial charge is 0.130 e. The maximum absolute atomic E-state index is 5.53. The lowest BCUT2D eigenvalue weighted by molar-refractivity contribution is 0.301. The Kier molecular flexibility index (Phi) is 2.83. The quantitative estimate of drug-likeness (QED) is 0.826. The summed E-state index contributed by atoms with van der Waals surface area (Å²) in [5.74, 6) is 0.844. The van der Waals surface area contributed by atoms with Crippen LogP contribution in [0, 0.1) is 0 Å². The highest BCUT2D eigenvalue weighted by molar-refractivity contribution is 5.34. The number of para-hydroxylation sites is 1. The van der Waals surface area contributed by atoms with Crippen molar-refractivity contribution in [2.45, 2.75) is 6.61 Å². The predicted octanol–water partition coefficient (Wildman–Crippen LogP) is 2.24. The van der Waals surface area contributed by atoms with E-state index in [1.165, 1.54) is 0 Å². The highest BCUT2D eigenvalue weighted by Crippen LogP contribution is 2.10. The molecule has 0 aliphatic rings. The molecular formula is C12H12N2O. The molecule has 2 N–H and O–H groups in total. The molecule has 0 aliphatic carbocycles. The predicted molar refractivity (Wildman–Crippen MR) is 59.4 cm³/mol. The molecule has 0 fully saturated rings. The molecule has 2 rings (SSSR count). The molecule has 0 amide bonds. The van der Waals surface area contributed by atoms with Gasteiger partial charge in [0.2, 0.25) is 0 Å². The fraction of sp³-hybridized carbons (Fsp3) is 0.0833. The second-order valence-electron chi connectivity index (χ2n) is 3.18. The van der Waals surface area contributed by atoms with E-state index in [0.717, 1.165) is 11.4 Å². The lowest BCUT2D eigenvalue weighted by Crippen LogP contribution is -1.98. The Morgan fingerprint density at radius 2 is 1.87 bits per heavy atom.